The molecule has 7 nitrogen and oxygen atoms in total. The molecule has 0 heterocycles. The van der Waals surface area contributed by atoms with Gasteiger partial charge in [0.05, 0.1) is 32.4 Å². The molecule has 0 aromatic carbocycles. The highest BCUT2D eigenvalue weighted by Gasteiger charge is 2.26. The lowest BCUT2D eigenvalue weighted by atomic mass is 10.2. The Morgan fingerprint density at radius 1 is 1.32 bits per heavy atom. The van der Waals surface area contributed by atoms with Gasteiger partial charge in [0.15, 0.2) is 0 Å². The van der Waals surface area contributed by atoms with Crippen LogP contribution in [0, 0.1) is 0 Å². The number of nitrogens with zero attached hydrogens (tertiary/aromatic N) is 2. The topological polar surface area (TPSA) is 83.9 Å². The molecule has 0 spiro atoms. The summed E-state index contributed by atoms with van der Waals surface area (Å²) >= 11 is 0. The molecular weight excluding hydrogens is 344 g/mol. The largest absolute Gasteiger partial charge is 0.444 e. The second kappa shape index (κ2) is 9.54. The smallest absolute Gasteiger partial charge is 0.410 e. The molecule has 0 aromatic rings. The Labute approximate surface area is 153 Å². The van der Waals surface area contributed by atoms with E-state index in [1.807, 2.05) is 34.9 Å². The van der Waals surface area contributed by atoms with Gasteiger partial charge in [-0.1, -0.05) is 6.08 Å². The molecule has 0 bridgehead atoms. The van der Waals surface area contributed by atoms with Gasteiger partial charge >= 0.3 is 6.09 Å². The molecule has 0 saturated heterocycles. The van der Waals surface area contributed by atoms with E-state index in [2.05, 4.69) is 6.58 Å². The normalized spacial score (nSPS) is 14.0. The Bertz CT molecular complexity index is 538. The molecule has 25 heavy (non-hydrogen) atoms. The van der Waals surface area contributed by atoms with E-state index < -0.39 is 21.0 Å². The summed E-state index contributed by atoms with van der Waals surface area (Å²) in [5.41, 5.74) is -0.517. The summed E-state index contributed by atoms with van der Waals surface area (Å²) in [4.78, 5) is 13.5. The maximum Gasteiger partial charge on any atom is 0.410 e. The van der Waals surface area contributed by atoms with Crippen LogP contribution < -0.4 is 0 Å². The summed E-state index contributed by atoms with van der Waals surface area (Å²) in [6.07, 6.45) is 2.52. The van der Waals surface area contributed by atoms with E-state index in [-0.39, 0.29) is 12.5 Å². The molecule has 148 valence electrons. The molecule has 0 saturated carbocycles. The van der Waals surface area contributed by atoms with E-state index in [0.717, 1.165) is 13.0 Å². The number of carbonyl (C=O) groups is 1. The van der Waals surface area contributed by atoms with Crippen LogP contribution in [0.2, 0.25) is 0 Å². The fraction of sp³-hybridized carbons (Fsp3) is 0.824. The average molecular weight is 380 g/mol. The Morgan fingerprint density at radius 2 is 1.88 bits per heavy atom. The first kappa shape index (κ1) is 23.9. The summed E-state index contributed by atoms with van der Waals surface area (Å²) in [7, 11) is 1.64. The molecule has 1 N–H and O–H groups in total. The van der Waals surface area contributed by atoms with Crippen molar-refractivity contribution >= 4 is 16.2 Å². The Hall–Kier alpha value is -1.12. The highest BCUT2D eigenvalue weighted by molar-refractivity contribution is 7.86. The van der Waals surface area contributed by atoms with Gasteiger partial charge in [-0.05, 0) is 27.2 Å². The third-order valence-corrected chi connectivity index (χ3v) is 5.14. The van der Waals surface area contributed by atoms with Gasteiger partial charge in [0.1, 0.15) is 5.60 Å². The van der Waals surface area contributed by atoms with Crippen LogP contribution in [0.3, 0.4) is 0 Å². The Balaban J connectivity index is 4.40. The van der Waals surface area contributed by atoms with E-state index in [9.17, 15) is 17.8 Å². The summed E-state index contributed by atoms with van der Waals surface area (Å²) < 4.78 is 37.9. The van der Waals surface area contributed by atoms with Gasteiger partial charge < -0.3 is 14.1 Å². The number of rotatable bonds is 10. The summed E-state index contributed by atoms with van der Waals surface area (Å²) in [5.74, 6) is 0. The number of carbonyl (C=O) groups excluding carboxylic acids is 1. The van der Waals surface area contributed by atoms with Crippen LogP contribution in [0.15, 0.2) is 12.7 Å². The minimum Gasteiger partial charge on any atom is -0.444 e. The quantitative estimate of drug-likeness (QED) is 0.358. The SMILES string of the molecule is C=CCC(CC[N+](C)(C)CCCN(C)C(=O)OC(C)(C)C)S(=O)(=O)O. The second-order valence-corrected chi connectivity index (χ2v) is 9.79. The molecule has 0 aliphatic rings. The van der Waals surface area contributed by atoms with Crippen LogP contribution in [0.5, 0.6) is 0 Å². The molecule has 0 rings (SSSR count). The standard InChI is InChI=1S/C17H34N2O5S/c1-8-10-15(25(21,22)23)11-14-19(6,7)13-9-12-18(5)16(20)24-17(2,3)4/h8,15H,1,9-14H2,2-7H3/p+1. The first-order chi connectivity index (χ1) is 11.2. The molecular formula is C17H35N2O5S+. The lowest BCUT2D eigenvalue weighted by molar-refractivity contribution is -0.890. The van der Waals surface area contributed by atoms with Crippen molar-refractivity contribution in [2.45, 2.75) is 50.9 Å². The summed E-state index contributed by atoms with van der Waals surface area (Å²) in [6, 6.07) is 0. The zero-order valence-corrected chi connectivity index (χ0v) is 17.3. The van der Waals surface area contributed by atoms with Crippen LogP contribution >= 0.6 is 0 Å². The fourth-order valence-electron chi connectivity index (χ4n) is 2.35. The third kappa shape index (κ3) is 11.2. The summed E-state index contributed by atoms with van der Waals surface area (Å²) in [5, 5.41) is -0.813. The van der Waals surface area contributed by atoms with E-state index in [4.69, 9.17) is 4.74 Å². The van der Waals surface area contributed by atoms with Gasteiger partial charge in [0.2, 0.25) is 0 Å². The number of quaternary nitrogens is 1. The Morgan fingerprint density at radius 3 is 2.32 bits per heavy atom. The number of amides is 1. The van der Waals surface area contributed by atoms with Gasteiger partial charge in [-0.2, -0.15) is 8.42 Å². The third-order valence-electron chi connectivity index (χ3n) is 3.87. The average Bonchev–Trinajstić information content (AvgIpc) is 2.39. The van der Waals surface area contributed by atoms with Gasteiger partial charge in [-0.25, -0.2) is 4.79 Å². The first-order valence-electron chi connectivity index (χ1n) is 8.51. The van der Waals surface area contributed by atoms with Crippen molar-refractivity contribution in [1.29, 1.82) is 0 Å². The number of hydrogen-bond donors (Lipinski definition) is 1. The van der Waals surface area contributed by atoms with Crippen LogP contribution in [-0.4, -0.2) is 80.1 Å². The lowest BCUT2D eigenvalue weighted by Gasteiger charge is -2.32. The lowest BCUT2D eigenvalue weighted by Crippen LogP contribution is -2.44. The highest BCUT2D eigenvalue weighted by atomic mass is 32.2. The monoisotopic (exact) mass is 379 g/mol. The van der Waals surface area contributed by atoms with E-state index in [1.165, 1.54) is 6.08 Å². The zero-order chi connectivity index (χ0) is 19.9. The minimum atomic E-state index is -4.06. The molecule has 0 radical (unpaired) electrons. The number of hydrogen-bond acceptors (Lipinski definition) is 4. The predicted molar refractivity (Wildman–Crippen MR) is 100 cm³/mol. The van der Waals surface area contributed by atoms with Gasteiger partial charge in [0, 0.05) is 26.4 Å². The van der Waals surface area contributed by atoms with Crippen molar-refractivity contribution < 1.29 is 27.0 Å². The van der Waals surface area contributed by atoms with Gasteiger partial charge in [-0.3, -0.25) is 4.55 Å². The second-order valence-electron chi connectivity index (χ2n) is 8.09. The van der Waals surface area contributed by atoms with Crippen LogP contribution in [0.25, 0.3) is 0 Å². The molecule has 8 heteroatoms. The van der Waals surface area contributed by atoms with Crippen LogP contribution in [0.1, 0.15) is 40.0 Å². The van der Waals surface area contributed by atoms with Gasteiger partial charge in [0.25, 0.3) is 10.1 Å². The number of ether oxygens (including phenoxy) is 1. The Kier molecular flexibility index (Phi) is 9.12. The van der Waals surface area contributed by atoms with Crippen LogP contribution in [-0.2, 0) is 14.9 Å². The van der Waals surface area contributed by atoms with E-state index in [0.29, 0.717) is 24.0 Å². The highest BCUT2D eigenvalue weighted by Crippen LogP contribution is 2.14. The van der Waals surface area contributed by atoms with E-state index >= 15 is 0 Å². The molecule has 1 atom stereocenters. The maximum atomic E-state index is 11.9. The van der Waals surface area contributed by atoms with Crippen molar-refractivity contribution in [2.75, 3.05) is 40.8 Å². The van der Waals surface area contributed by atoms with E-state index in [1.54, 1.807) is 11.9 Å². The first-order valence-corrected chi connectivity index (χ1v) is 10.0. The summed E-state index contributed by atoms with van der Waals surface area (Å²) in [6.45, 7) is 11.0. The molecule has 1 amide bonds. The van der Waals surface area contributed by atoms with Crippen molar-refractivity contribution in [3.63, 3.8) is 0 Å². The van der Waals surface area contributed by atoms with Crippen molar-refractivity contribution in [2.24, 2.45) is 0 Å². The molecule has 0 aromatic heterocycles. The minimum absolute atomic E-state index is 0.236. The molecule has 0 fully saturated rings. The number of allylic oxidation sites excluding steroid dienone is 1. The fourth-order valence-corrected chi connectivity index (χ4v) is 3.13. The van der Waals surface area contributed by atoms with Crippen molar-refractivity contribution in [3.8, 4) is 0 Å². The molecule has 1 unspecified atom stereocenters. The molecule has 0 aliphatic heterocycles. The maximum absolute atomic E-state index is 11.9. The van der Waals surface area contributed by atoms with Crippen LogP contribution in [0.4, 0.5) is 4.79 Å². The predicted octanol–water partition coefficient (Wildman–Crippen LogP) is 2.54. The van der Waals surface area contributed by atoms with Gasteiger partial charge in [-0.15, -0.1) is 6.58 Å². The van der Waals surface area contributed by atoms with Crippen molar-refractivity contribution in [1.82, 2.24) is 4.90 Å². The molecule has 0 aliphatic carbocycles. The van der Waals surface area contributed by atoms with Crippen molar-refractivity contribution in [3.05, 3.63) is 12.7 Å². The zero-order valence-electron chi connectivity index (χ0n) is 16.5.